The summed E-state index contributed by atoms with van der Waals surface area (Å²) in [6.07, 6.45) is 0.973. The summed E-state index contributed by atoms with van der Waals surface area (Å²) in [5, 5.41) is 17.9. The van der Waals surface area contributed by atoms with Crippen LogP contribution in [-0.4, -0.2) is 56.0 Å². The molecule has 2 aromatic carbocycles. The lowest BCUT2D eigenvalue weighted by molar-refractivity contribution is -0.384. The van der Waals surface area contributed by atoms with Crippen LogP contribution in [0, 0.1) is 15.9 Å². The number of nitro benzene ring substituents is 1. The minimum absolute atomic E-state index is 0.0703. The lowest BCUT2D eigenvalue weighted by atomic mass is 9.86. The first-order valence-corrected chi connectivity index (χ1v) is 11.6. The summed E-state index contributed by atoms with van der Waals surface area (Å²) in [5.74, 6) is -2.56. The third-order valence-corrected chi connectivity index (χ3v) is 6.49. The number of aromatic nitrogens is 2. The zero-order valence-corrected chi connectivity index (χ0v) is 20.2. The first kappa shape index (κ1) is 26.0. The van der Waals surface area contributed by atoms with Gasteiger partial charge in [0.2, 0.25) is 11.8 Å². The molecular formula is C23H23ClFN7O5. The van der Waals surface area contributed by atoms with Gasteiger partial charge in [0.15, 0.2) is 5.69 Å². The summed E-state index contributed by atoms with van der Waals surface area (Å²) < 4.78 is 15.3. The number of halogens is 2. The molecule has 194 valence electrons. The number of carbonyl (C=O) groups is 3. The predicted molar refractivity (Wildman–Crippen MR) is 131 cm³/mol. The van der Waals surface area contributed by atoms with Crippen molar-refractivity contribution in [2.45, 2.75) is 38.0 Å². The number of nitro groups is 1. The van der Waals surface area contributed by atoms with Crippen molar-refractivity contribution in [1.82, 2.24) is 20.0 Å². The fourth-order valence-corrected chi connectivity index (χ4v) is 4.39. The van der Waals surface area contributed by atoms with E-state index in [2.05, 4.69) is 10.4 Å². The van der Waals surface area contributed by atoms with Gasteiger partial charge in [-0.1, -0.05) is 23.7 Å². The number of fused-ring (bicyclic) bond motifs is 1. The van der Waals surface area contributed by atoms with Crippen molar-refractivity contribution < 1.29 is 23.7 Å². The molecule has 3 amide bonds. The predicted octanol–water partition coefficient (Wildman–Crippen LogP) is 1.47. The van der Waals surface area contributed by atoms with Crippen LogP contribution >= 0.6 is 11.6 Å². The normalized spacial score (nSPS) is 16.7. The zero-order valence-electron chi connectivity index (χ0n) is 19.4. The Hall–Kier alpha value is -4.10. The van der Waals surface area contributed by atoms with Gasteiger partial charge in [0.25, 0.3) is 11.6 Å². The van der Waals surface area contributed by atoms with E-state index in [-0.39, 0.29) is 59.1 Å². The van der Waals surface area contributed by atoms with E-state index >= 15 is 0 Å². The van der Waals surface area contributed by atoms with Crippen LogP contribution in [-0.2, 0) is 22.7 Å². The summed E-state index contributed by atoms with van der Waals surface area (Å²) in [6.45, 7) is -0.794. The Kier molecular flexibility index (Phi) is 7.36. The molecule has 0 saturated heterocycles. The molecule has 5 N–H and O–H groups in total. The van der Waals surface area contributed by atoms with Gasteiger partial charge in [-0.25, -0.2) is 4.39 Å². The van der Waals surface area contributed by atoms with Gasteiger partial charge in [-0.3, -0.25) is 29.2 Å². The third-order valence-electron chi connectivity index (χ3n) is 6.20. The monoisotopic (exact) mass is 531 g/mol. The molecule has 14 heteroatoms. The smallest absolute Gasteiger partial charge is 0.270 e. The number of rotatable bonds is 9. The summed E-state index contributed by atoms with van der Waals surface area (Å²) in [4.78, 5) is 49.7. The van der Waals surface area contributed by atoms with Crippen LogP contribution in [0.3, 0.4) is 0 Å². The van der Waals surface area contributed by atoms with Crippen molar-refractivity contribution in [3.8, 4) is 0 Å². The highest BCUT2D eigenvalue weighted by Gasteiger charge is 2.35. The van der Waals surface area contributed by atoms with E-state index in [4.69, 9.17) is 23.1 Å². The van der Waals surface area contributed by atoms with Gasteiger partial charge >= 0.3 is 0 Å². The van der Waals surface area contributed by atoms with Crippen LogP contribution in [0.15, 0.2) is 36.4 Å². The van der Waals surface area contributed by atoms with E-state index in [0.29, 0.717) is 18.4 Å². The highest BCUT2D eigenvalue weighted by molar-refractivity contribution is 6.30. The van der Waals surface area contributed by atoms with E-state index < -0.39 is 28.5 Å². The van der Waals surface area contributed by atoms with Crippen molar-refractivity contribution >= 4 is 45.9 Å². The molecule has 0 atom stereocenters. The molecule has 0 radical (unpaired) electrons. The van der Waals surface area contributed by atoms with Crippen LogP contribution in [0.1, 0.15) is 28.9 Å². The summed E-state index contributed by atoms with van der Waals surface area (Å²) >= 11 is 5.78. The largest absolute Gasteiger partial charge is 0.364 e. The summed E-state index contributed by atoms with van der Waals surface area (Å²) in [6, 6.07) is 7.78. The molecule has 1 aliphatic carbocycles. The van der Waals surface area contributed by atoms with Crippen molar-refractivity contribution in [2.75, 3.05) is 6.54 Å². The second-order valence-corrected chi connectivity index (χ2v) is 9.13. The molecule has 0 spiro atoms. The minimum atomic E-state index is -0.911. The Labute approximate surface area is 214 Å². The van der Waals surface area contributed by atoms with Gasteiger partial charge < -0.3 is 21.7 Å². The summed E-state index contributed by atoms with van der Waals surface area (Å²) in [7, 11) is 0. The molecule has 1 aromatic heterocycles. The minimum Gasteiger partial charge on any atom is -0.364 e. The quantitative estimate of drug-likeness (QED) is 0.276. The van der Waals surface area contributed by atoms with Gasteiger partial charge in [-0.05, 0) is 25.0 Å². The number of non-ortho nitro benzene ring substituents is 1. The number of nitrogens with one attached hydrogen (secondary N) is 1. The molecule has 4 rings (SSSR count). The lowest BCUT2D eigenvalue weighted by Gasteiger charge is -2.41. The molecule has 37 heavy (non-hydrogen) atoms. The fourth-order valence-electron chi connectivity index (χ4n) is 4.20. The van der Waals surface area contributed by atoms with Crippen LogP contribution in [0.4, 0.5) is 10.1 Å². The highest BCUT2D eigenvalue weighted by atomic mass is 35.5. The van der Waals surface area contributed by atoms with Gasteiger partial charge in [-0.2, -0.15) is 5.10 Å². The maximum Gasteiger partial charge on any atom is 0.270 e. The molecular weight excluding hydrogens is 509 g/mol. The van der Waals surface area contributed by atoms with Crippen LogP contribution in [0.5, 0.6) is 0 Å². The van der Waals surface area contributed by atoms with Gasteiger partial charge in [-0.15, -0.1) is 0 Å². The molecule has 1 heterocycles. The average molecular weight is 532 g/mol. The molecule has 0 bridgehead atoms. The van der Waals surface area contributed by atoms with E-state index in [1.165, 1.54) is 33.8 Å². The fraction of sp³-hybridized carbons (Fsp3) is 0.304. The Morgan fingerprint density at radius 3 is 2.65 bits per heavy atom. The first-order chi connectivity index (χ1) is 17.5. The molecule has 12 nitrogen and oxygen atoms in total. The van der Waals surface area contributed by atoms with E-state index in [1.54, 1.807) is 6.07 Å². The number of amides is 3. The lowest BCUT2D eigenvalue weighted by Crippen LogP contribution is -2.55. The topological polar surface area (TPSA) is 179 Å². The molecule has 1 saturated carbocycles. The third kappa shape index (κ3) is 5.52. The number of nitrogens with zero attached hydrogens (tertiary/aromatic N) is 4. The first-order valence-electron chi connectivity index (χ1n) is 11.2. The van der Waals surface area contributed by atoms with Crippen LogP contribution in [0.25, 0.3) is 10.9 Å². The Morgan fingerprint density at radius 2 is 2.00 bits per heavy atom. The number of carbonyl (C=O) groups excluding carboxylic acids is 3. The van der Waals surface area contributed by atoms with Gasteiger partial charge in [0.05, 0.1) is 22.0 Å². The van der Waals surface area contributed by atoms with Crippen molar-refractivity contribution in [3.63, 3.8) is 0 Å². The highest BCUT2D eigenvalue weighted by Crippen LogP contribution is 2.27. The van der Waals surface area contributed by atoms with E-state index in [9.17, 15) is 28.9 Å². The van der Waals surface area contributed by atoms with Crippen molar-refractivity contribution in [2.24, 2.45) is 11.5 Å². The second-order valence-electron chi connectivity index (χ2n) is 8.73. The Bertz CT molecular complexity index is 1410. The zero-order chi connectivity index (χ0) is 26.9. The molecule has 0 aliphatic heterocycles. The maximum absolute atomic E-state index is 14.1. The standard InChI is InChI=1S/C23H23ClFN7O5/c24-17-3-1-2-12(21(17)25)9-28-19(33)10-30(15-6-13(26)7-15)20(34)11-31-18-5-4-14(32(36)37)8-16(18)22(29-31)23(27)35/h1-5,8,13,15H,6-7,9-11,26H2,(H2,27,35)(H,28,33)/t13-,15-. The SMILES string of the molecule is NC(=O)c1nn(CC(=O)N(CC(=O)NCc2cccc(Cl)c2F)[C@H]2C[C@H](N)C2)c2ccc([N+](=O)[O-])cc12. The Balaban J connectivity index is 1.53. The average Bonchev–Trinajstić information content (AvgIpc) is 3.19. The van der Waals surface area contributed by atoms with E-state index in [1.807, 2.05) is 0 Å². The van der Waals surface area contributed by atoms with Crippen LogP contribution in [0.2, 0.25) is 5.02 Å². The number of nitrogens with two attached hydrogens (primary N) is 2. The number of primary amides is 1. The number of benzene rings is 2. The van der Waals surface area contributed by atoms with Crippen molar-refractivity contribution in [1.29, 1.82) is 0 Å². The van der Waals surface area contributed by atoms with Crippen LogP contribution < -0.4 is 16.8 Å². The number of hydrogen-bond donors (Lipinski definition) is 3. The van der Waals surface area contributed by atoms with Crippen molar-refractivity contribution in [3.05, 3.63) is 68.6 Å². The molecule has 3 aromatic rings. The maximum atomic E-state index is 14.1. The number of hydrogen-bond acceptors (Lipinski definition) is 7. The second kappa shape index (κ2) is 10.5. The molecule has 0 unspecified atom stereocenters. The Morgan fingerprint density at radius 1 is 1.27 bits per heavy atom. The molecule has 1 aliphatic rings. The molecule has 1 fully saturated rings. The van der Waals surface area contributed by atoms with Gasteiger partial charge in [0, 0.05) is 41.7 Å². The van der Waals surface area contributed by atoms with Gasteiger partial charge in [0.1, 0.15) is 12.4 Å². The van der Waals surface area contributed by atoms with E-state index in [0.717, 1.165) is 6.07 Å². The summed E-state index contributed by atoms with van der Waals surface area (Å²) in [5.41, 5.74) is 11.3.